The van der Waals surface area contributed by atoms with E-state index in [0.717, 1.165) is 61.9 Å². The molecule has 3 nitrogen and oxygen atoms in total. The molecule has 0 N–H and O–H groups in total. The van der Waals surface area contributed by atoms with Crippen LogP contribution >= 0.6 is 12.4 Å². The maximum atomic E-state index is 6.64. The molecule has 0 spiro atoms. The van der Waals surface area contributed by atoms with Gasteiger partial charge in [0.05, 0.1) is 0 Å². The van der Waals surface area contributed by atoms with E-state index in [2.05, 4.69) is 98.2 Å². The molecule has 0 aliphatic heterocycles. The van der Waals surface area contributed by atoms with Gasteiger partial charge in [0.25, 0.3) is 0 Å². The molecule has 0 unspecified atom stereocenters. The lowest BCUT2D eigenvalue weighted by Crippen LogP contribution is -2.25. The van der Waals surface area contributed by atoms with Gasteiger partial charge in [0, 0.05) is 35.3 Å². The third-order valence-electron chi connectivity index (χ3n) is 5.74. The largest absolute Gasteiger partial charge is 0.455 e. The molecule has 0 atom stereocenters. The zero-order valence-corrected chi connectivity index (χ0v) is 19.5. The number of furan rings is 1. The van der Waals surface area contributed by atoms with E-state index in [1.54, 1.807) is 0 Å². The predicted octanol–water partition coefficient (Wildman–Crippen LogP) is 6.72. The van der Waals surface area contributed by atoms with E-state index in [0.29, 0.717) is 0 Å². The van der Waals surface area contributed by atoms with Crippen LogP contribution < -0.4 is 0 Å². The minimum atomic E-state index is 0. The Morgan fingerprint density at radius 2 is 0.900 bits per heavy atom. The van der Waals surface area contributed by atoms with E-state index in [-0.39, 0.29) is 12.4 Å². The lowest BCUT2D eigenvalue weighted by atomic mass is 10.00. The molecule has 162 valence electrons. The molecule has 0 amide bonds. The van der Waals surface area contributed by atoms with Crippen LogP contribution in [-0.2, 0) is 13.1 Å². The fourth-order valence-electron chi connectivity index (χ4n) is 3.82. The number of halogens is 1. The Labute approximate surface area is 188 Å². The van der Waals surface area contributed by atoms with E-state index in [1.807, 2.05) is 0 Å². The van der Waals surface area contributed by atoms with Crippen molar-refractivity contribution in [1.82, 2.24) is 9.80 Å². The van der Waals surface area contributed by atoms with Crippen LogP contribution in [-0.4, -0.2) is 36.0 Å². The molecule has 0 aliphatic rings. The molecule has 1 heterocycles. The summed E-state index contributed by atoms with van der Waals surface area (Å²) in [7, 11) is 0. The summed E-state index contributed by atoms with van der Waals surface area (Å²) in [5.74, 6) is 2.03. The van der Waals surface area contributed by atoms with Gasteiger partial charge in [0.15, 0.2) is 0 Å². The fourth-order valence-corrected chi connectivity index (χ4v) is 3.82. The first kappa shape index (κ1) is 24.2. The van der Waals surface area contributed by atoms with Gasteiger partial charge < -0.3 is 4.42 Å². The highest BCUT2D eigenvalue weighted by atomic mass is 35.5. The molecular weight excluding hydrogens is 392 g/mol. The second-order valence-corrected chi connectivity index (χ2v) is 7.37. The van der Waals surface area contributed by atoms with Gasteiger partial charge >= 0.3 is 0 Å². The molecule has 0 bridgehead atoms. The van der Waals surface area contributed by atoms with Crippen molar-refractivity contribution in [2.45, 2.75) is 40.8 Å². The van der Waals surface area contributed by atoms with E-state index in [4.69, 9.17) is 4.42 Å². The minimum absolute atomic E-state index is 0. The Hall–Kier alpha value is -2.07. The van der Waals surface area contributed by atoms with Crippen LogP contribution in [0.1, 0.15) is 38.8 Å². The van der Waals surface area contributed by atoms with Gasteiger partial charge in [-0.3, -0.25) is 9.80 Å². The standard InChI is InChI=1S/C26H34N2O.ClH/c1-5-27(6-2)19-23-24(20-28(7-3)8-4)26(22-17-13-10-14-18-22)29-25(23)21-15-11-9-12-16-21;/h9-18H,5-8,19-20H2,1-4H3;1H. The average Bonchev–Trinajstić information content (AvgIpc) is 3.14. The Morgan fingerprint density at radius 1 is 0.567 bits per heavy atom. The minimum Gasteiger partial charge on any atom is -0.455 e. The van der Waals surface area contributed by atoms with E-state index in [1.165, 1.54) is 11.1 Å². The average molecular weight is 427 g/mol. The van der Waals surface area contributed by atoms with Crippen molar-refractivity contribution in [3.8, 4) is 22.6 Å². The summed E-state index contributed by atoms with van der Waals surface area (Å²) in [6, 6.07) is 21.1. The molecular formula is C26H35ClN2O. The van der Waals surface area contributed by atoms with Crippen LogP contribution in [0.3, 0.4) is 0 Å². The molecule has 0 saturated carbocycles. The van der Waals surface area contributed by atoms with Crippen LogP contribution in [0.25, 0.3) is 22.6 Å². The highest BCUT2D eigenvalue weighted by molar-refractivity contribution is 5.85. The summed E-state index contributed by atoms with van der Waals surface area (Å²) in [5, 5.41) is 0. The smallest absolute Gasteiger partial charge is 0.139 e. The number of nitrogens with zero attached hydrogens (tertiary/aromatic N) is 2. The van der Waals surface area contributed by atoms with Gasteiger partial charge in [-0.2, -0.15) is 0 Å². The lowest BCUT2D eigenvalue weighted by Gasteiger charge is -2.22. The maximum Gasteiger partial charge on any atom is 0.139 e. The first-order chi connectivity index (χ1) is 14.2. The predicted molar refractivity (Wildman–Crippen MR) is 130 cm³/mol. The molecule has 0 saturated heterocycles. The third-order valence-corrected chi connectivity index (χ3v) is 5.74. The van der Waals surface area contributed by atoms with Crippen molar-refractivity contribution in [3.63, 3.8) is 0 Å². The summed E-state index contributed by atoms with van der Waals surface area (Å²) >= 11 is 0. The van der Waals surface area contributed by atoms with Crippen molar-refractivity contribution in [2.75, 3.05) is 26.2 Å². The first-order valence-electron chi connectivity index (χ1n) is 10.9. The van der Waals surface area contributed by atoms with Gasteiger partial charge in [-0.05, 0) is 26.2 Å². The molecule has 4 heteroatoms. The van der Waals surface area contributed by atoms with Gasteiger partial charge in [-0.15, -0.1) is 12.4 Å². The maximum absolute atomic E-state index is 6.64. The SMILES string of the molecule is CCN(CC)Cc1c(-c2ccccc2)oc(-c2ccccc2)c1CN(CC)CC.Cl. The van der Waals surface area contributed by atoms with Crippen LogP contribution in [0.15, 0.2) is 65.1 Å². The Kier molecular flexibility index (Phi) is 9.64. The zero-order chi connectivity index (χ0) is 20.6. The van der Waals surface area contributed by atoms with Crippen LogP contribution in [0.2, 0.25) is 0 Å². The molecule has 1 aromatic heterocycles. The number of benzene rings is 2. The van der Waals surface area contributed by atoms with Crippen molar-refractivity contribution < 1.29 is 4.42 Å². The number of hydrogen-bond acceptors (Lipinski definition) is 3. The Morgan fingerprint density at radius 3 is 1.20 bits per heavy atom. The van der Waals surface area contributed by atoms with Crippen LogP contribution in [0, 0.1) is 0 Å². The summed E-state index contributed by atoms with van der Waals surface area (Å²) in [5.41, 5.74) is 4.95. The number of hydrogen-bond donors (Lipinski definition) is 0. The molecule has 3 aromatic rings. The molecule has 30 heavy (non-hydrogen) atoms. The highest BCUT2D eigenvalue weighted by Crippen LogP contribution is 2.38. The molecule has 2 aromatic carbocycles. The molecule has 3 rings (SSSR count). The van der Waals surface area contributed by atoms with Crippen LogP contribution in [0.5, 0.6) is 0 Å². The van der Waals surface area contributed by atoms with E-state index in [9.17, 15) is 0 Å². The summed E-state index contributed by atoms with van der Waals surface area (Å²) in [4.78, 5) is 4.94. The normalized spacial score (nSPS) is 11.1. The topological polar surface area (TPSA) is 19.6 Å². The van der Waals surface area contributed by atoms with Gasteiger partial charge in [0.1, 0.15) is 11.5 Å². The van der Waals surface area contributed by atoms with Gasteiger partial charge in [-0.25, -0.2) is 0 Å². The van der Waals surface area contributed by atoms with Crippen molar-refractivity contribution >= 4 is 12.4 Å². The quantitative estimate of drug-likeness (QED) is 0.358. The van der Waals surface area contributed by atoms with E-state index < -0.39 is 0 Å². The lowest BCUT2D eigenvalue weighted by molar-refractivity contribution is 0.281. The molecule has 0 radical (unpaired) electrons. The summed E-state index contributed by atoms with van der Waals surface area (Å²) < 4.78 is 6.64. The number of rotatable bonds is 10. The fraction of sp³-hybridized carbons (Fsp3) is 0.385. The molecule has 0 fully saturated rings. The second kappa shape index (κ2) is 11.9. The van der Waals surface area contributed by atoms with Gasteiger partial charge in [-0.1, -0.05) is 88.4 Å². The Balaban J connectivity index is 0.00000320. The first-order valence-corrected chi connectivity index (χ1v) is 10.9. The summed E-state index contributed by atoms with van der Waals surface area (Å²) in [6.07, 6.45) is 0. The van der Waals surface area contributed by atoms with Crippen molar-refractivity contribution in [2.24, 2.45) is 0 Å². The van der Waals surface area contributed by atoms with Crippen LogP contribution in [0.4, 0.5) is 0 Å². The van der Waals surface area contributed by atoms with Crippen molar-refractivity contribution in [3.05, 3.63) is 71.8 Å². The molecule has 0 aliphatic carbocycles. The monoisotopic (exact) mass is 426 g/mol. The van der Waals surface area contributed by atoms with Gasteiger partial charge in [0.2, 0.25) is 0 Å². The highest BCUT2D eigenvalue weighted by Gasteiger charge is 2.24. The van der Waals surface area contributed by atoms with Crippen molar-refractivity contribution in [1.29, 1.82) is 0 Å². The third kappa shape index (κ3) is 5.54. The summed E-state index contributed by atoms with van der Waals surface area (Å²) in [6.45, 7) is 14.9. The van der Waals surface area contributed by atoms with E-state index >= 15 is 0 Å². The Bertz CT molecular complexity index is 797. The zero-order valence-electron chi connectivity index (χ0n) is 18.7. The second-order valence-electron chi connectivity index (χ2n) is 7.37.